The van der Waals surface area contributed by atoms with Crippen LogP contribution in [-0.4, -0.2) is 10.3 Å². The first-order chi connectivity index (χ1) is 14.3. The zero-order valence-electron chi connectivity index (χ0n) is 15.3. The van der Waals surface area contributed by atoms with E-state index in [0.717, 1.165) is 29.2 Å². The van der Waals surface area contributed by atoms with Gasteiger partial charge in [-0.15, -0.1) is 12.3 Å². The van der Waals surface area contributed by atoms with Crippen molar-refractivity contribution in [3.05, 3.63) is 70.4 Å². The number of nitrogens with one attached hydrogen (secondary N) is 1. The van der Waals surface area contributed by atoms with Gasteiger partial charge >= 0.3 is 6.18 Å². The molecule has 154 valence electrons. The summed E-state index contributed by atoms with van der Waals surface area (Å²) < 4.78 is 47.4. The van der Waals surface area contributed by atoms with Gasteiger partial charge in [-0.3, -0.25) is 4.79 Å². The van der Waals surface area contributed by atoms with Gasteiger partial charge in [0.25, 0.3) is 0 Å². The average molecular weight is 451 g/mol. The Morgan fingerprint density at radius 2 is 1.73 bits per heavy atom. The molecule has 2 aromatic carbocycles. The molecule has 0 saturated heterocycles. The van der Waals surface area contributed by atoms with Gasteiger partial charge in [-0.25, -0.2) is 0 Å². The first-order valence-electron chi connectivity index (χ1n) is 8.57. The van der Waals surface area contributed by atoms with Gasteiger partial charge in [-0.1, -0.05) is 23.7 Å². The van der Waals surface area contributed by atoms with Crippen molar-refractivity contribution in [2.75, 3.05) is 5.32 Å². The number of amides is 1. The van der Waals surface area contributed by atoms with Crippen molar-refractivity contribution in [2.24, 2.45) is 0 Å². The van der Waals surface area contributed by atoms with Gasteiger partial charge < -0.3 is 10.1 Å². The van der Waals surface area contributed by atoms with E-state index in [9.17, 15) is 18.0 Å². The number of terminal acetylenes is 1. The largest absolute Gasteiger partial charge is 0.457 e. The Balaban J connectivity index is 1.58. The molecule has 1 heterocycles. The van der Waals surface area contributed by atoms with Crippen molar-refractivity contribution in [3.8, 4) is 23.8 Å². The normalized spacial score (nSPS) is 11.0. The predicted octanol–water partition coefficient (Wildman–Crippen LogP) is 5.96. The van der Waals surface area contributed by atoms with Crippen LogP contribution in [0.15, 0.2) is 48.5 Å². The lowest BCUT2D eigenvalue weighted by Gasteiger charge is -2.09. The molecule has 0 spiro atoms. The summed E-state index contributed by atoms with van der Waals surface area (Å²) in [5, 5.41) is 3.48. The summed E-state index contributed by atoms with van der Waals surface area (Å²) in [6, 6.07) is 11.0. The minimum absolute atomic E-state index is 0.0965. The molecule has 3 aromatic rings. The number of carbonyl (C=O) groups excluding carboxylic acids is 1. The molecule has 0 aliphatic heterocycles. The van der Waals surface area contributed by atoms with Crippen LogP contribution in [0.2, 0.25) is 5.02 Å². The lowest BCUT2D eigenvalue weighted by molar-refractivity contribution is -0.137. The molecular formula is C21H14ClF3N2O2S. The first kappa shape index (κ1) is 21.7. The highest BCUT2D eigenvalue weighted by Gasteiger charge is 2.30. The zero-order chi connectivity index (χ0) is 21.7. The molecular weight excluding hydrogens is 437 g/mol. The third-order valence-electron chi connectivity index (χ3n) is 3.93. The number of halogens is 4. The van der Waals surface area contributed by atoms with Gasteiger partial charge in [-0.05, 0) is 53.5 Å². The molecule has 30 heavy (non-hydrogen) atoms. The van der Waals surface area contributed by atoms with Crippen LogP contribution in [0.1, 0.15) is 16.8 Å². The van der Waals surface area contributed by atoms with E-state index in [1.54, 1.807) is 24.3 Å². The maximum atomic E-state index is 12.6. The Kier molecular flexibility index (Phi) is 6.65. The number of hydrogen-bond donors (Lipinski definition) is 1. The number of rotatable bonds is 6. The molecule has 0 saturated carbocycles. The second-order valence-electron chi connectivity index (χ2n) is 6.15. The molecule has 0 aliphatic carbocycles. The van der Waals surface area contributed by atoms with Crippen molar-refractivity contribution < 1.29 is 22.7 Å². The lowest BCUT2D eigenvalue weighted by atomic mass is 10.1. The number of anilines is 1. The Bertz CT molecular complexity index is 1070. The second kappa shape index (κ2) is 9.20. The van der Waals surface area contributed by atoms with Gasteiger partial charge in [0.1, 0.15) is 16.5 Å². The standard InChI is InChI=1S/C21H14ClF3N2O2S/c1-2-3-17-19(22)20(30-27-17)26-18(28)12-13-4-8-15(9-5-13)29-16-10-6-14(7-11-16)21(23,24)25/h1,4-11H,3,12H2,(H,26,28). The molecule has 4 nitrogen and oxygen atoms in total. The van der Waals surface area contributed by atoms with Crippen LogP contribution < -0.4 is 10.1 Å². The van der Waals surface area contributed by atoms with Crippen LogP contribution in [0.25, 0.3) is 0 Å². The highest BCUT2D eigenvalue weighted by molar-refractivity contribution is 7.11. The molecule has 0 atom stereocenters. The predicted molar refractivity (Wildman–Crippen MR) is 110 cm³/mol. The third kappa shape index (κ3) is 5.53. The van der Waals surface area contributed by atoms with Crippen LogP contribution in [0.4, 0.5) is 18.2 Å². The van der Waals surface area contributed by atoms with Gasteiger partial charge in [0, 0.05) is 0 Å². The summed E-state index contributed by atoms with van der Waals surface area (Å²) in [7, 11) is 0. The van der Waals surface area contributed by atoms with Crippen LogP contribution in [0.5, 0.6) is 11.5 Å². The third-order valence-corrected chi connectivity index (χ3v) is 5.25. The molecule has 0 aliphatic rings. The number of aromatic nitrogens is 1. The van der Waals surface area contributed by atoms with Crippen molar-refractivity contribution in [2.45, 2.75) is 19.0 Å². The number of hydrogen-bond acceptors (Lipinski definition) is 4. The van der Waals surface area contributed by atoms with E-state index in [1.807, 2.05) is 0 Å². The van der Waals surface area contributed by atoms with E-state index in [2.05, 4.69) is 15.6 Å². The monoisotopic (exact) mass is 450 g/mol. The number of carbonyl (C=O) groups is 1. The molecule has 0 unspecified atom stereocenters. The molecule has 1 aromatic heterocycles. The topological polar surface area (TPSA) is 51.2 Å². The lowest BCUT2D eigenvalue weighted by Crippen LogP contribution is -2.13. The molecule has 1 amide bonds. The molecule has 0 bridgehead atoms. The van der Waals surface area contributed by atoms with E-state index < -0.39 is 11.7 Å². The van der Waals surface area contributed by atoms with Gasteiger partial charge in [0.2, 0.25) is 5.91 Å². The van der Waals surface area contributed by atoms with Gasteiger partial charge in [0.15, 0.2) is 0 Å². The minimum Gasteiger partial charge on any atom is -0.457 e. The van der Waals surface area contributed by atoms with Crippen molar-refractivity contribution in [1.29, 1.82) is 0 Å². The van der Waals surface area contributed by atoms with Crippen LogP contribution in [0.3, 0.4) is 0 Å². The summed E-state index contributed by atoms with van der Waals surface area (Å²) >= 11 is 7.20. The average Bonchev–Trinajstić information content (AvgIpc) is 3.03. The highest BCUT2D eigenvalue weighted by Crippen LogP contribution is 2.32. The maximum absolute atomic E-state index is 12.6. The maximum Gasteiger partial charge on any atom is 0.416 e. The Morgan fingerprint density at radius 3 is 2.30 bits per heavy atom. The van der Waals surface area contributed by atoms with Gasteiger partial charge in [0.05, 0.1) is 29.1 Å². The molecule has 0 radical (unpaired) electrons. The van der Waals surface area contributed by atoms with Gasteiger partial charge in [-0.2, -0.15) is 17.5 Å². The summed E-state index contributed by atoms with van der Waals surface area (Å²) in [4.78, 5) is 12.2. The first-order valence-corrected chi connectivity index (χ1v) is 9.73. The number of ether oxygens (including phenoxy) is 1. The second-order valence-corrected chi connectivity index (χ2v) is 7.30. The highest BCUT2D eigenvalue weighted by atomic mass is 35.5. The Hall–Kier alpha value is -3.02. The SMILES string of the molecule is C#CCc1nsc(NC(=O)Cc2ccc(Oc3ccc(C(F)(F)F)cc3)cc2)c1Cl. The van der Waals surface area contributed by atoms with E-state index in [0.29, 0.717) is 21.5 Å². The minimum atomic E-state index is -4.40. The fourth-order valence-electron chi connectivity index (χ4n) is 2.48. The fourth-order valence-corrected chi connectivity index (χ4v) is 3.50. The summed E-state index contributed by atoms with van der Waals surface area (Å²) in [5.74, 6) is 2.88. The summed E-state index contributed by atoms with van der Waals surface area (Å²) in [5.41, 5.74) is 0.518. The van der Waals surface area contributed by atoms with Crippen molar-refractivity contribution in [3.63, 3.8) is 0 Å². The van der Waals surface area contributed by atoms with E-state index in [-0.39, 0.29) is 24.5 Å². The zero-order valence-corrected chi connectivity index (χ0v) is 16.9. The molecule has 9 heteroatoms. The Labute approximate surface area is 179 Å². The molecule has 1 N–H and O–H groups in total. The van der Waals surface area contributed by atoms with Crippen molar-refractivity contribution in [1.82, 2.24) is 4.37 Å². The summed E-state index contributed by atoms with van der Waals surface area (Å²) in [6.45, 7) is 0. The van der Waals surface area contributed by atoms with Crippen LogP contribution in [0, 0.1) is 12.3 Å². The number of benzene rings is 2. The molecule has 3 rings (SSSR count). The number of alkyl halides is 3. The quantitative estimate of drug-likeness (QED) is 0.471. The van der Waals surface area contributed by atoms with E-state index >= 15 is 0 Å². The molecule has 0 fully saturated rings. The van der Waals surface area contributed by atoms with Crippen molar-refractivity contribution >= 4 is 34.0 Å². The van der Waals surface area contributed by atoms with Crippen LogP contribution >= 0.6 is 23.1 Å². The van der Waals surface area contributed by atoms with Crippen LogP contribution in [-0.2, 0) is 23.8 Å². The summed E-state index contributed by atoms with van der Waals surface area (Å²) in [6.07, 6.45) is 1.22. The van der Waals surface area contributed by atoms with E-state index in [4.69, 9.17) is 22.8 Å². The fraction of sp³-hybridized carbons (Fsp3) is 0.143. The number of nitrogens with zero attached hydrogens (tertiary/aromatic N) is 1. The van der Waals surface area contributed by atoms with E-state index in [1.165, 1.54) is 12.1 Å². The smallest absolute Gasteiger partial charge is 0.416 e. The Morgan fingerprint density at radius 1 is 1.13 bits per heavy atom.